The maximum atomic E-state index is 5.88. The van der Waals surface area contributed by atoms with Crippen LogP contribution >= 0.6 is 15.9 Å². The van der Waals surface area contributed by atoms with Gasteiger partial charge in [0.05, 0.1) is 0 Å². The van der Waals surface area contributed by atoms with Crippen molar-refractivity contribution in [2.75, 3.05) is 0 Å². The van der Waals surface area contributed by atoms with Gasteiger partial charge in [0.25, 0.3) is 0 Å². The Labute approximate surface area is 99.9 Å². The predicted octanol–water partition coefficient (Wildman–Crippen LogP) is 3.34. The minimum absolute atomic E-state index is 0.146. The van der Waals surface area contributed by atoms with Gasteiger partial charge in [-0.05, 0) is 39.0 Å². The van der Waals surface area contributed by atoms with Crippen molar-refractivity contribution in [3.05, 3.63) is 28.7 Å². The first-order valence-corrected chi connectivity index (χ1v) is 5.88. The van der Waals surface area contributed by atoms with Crippen molar-refractivity contribution in [2.45, 2.75) is 38.8 Å². The summed E-state index contributed by atoms with van der Waals surface area (Å²) in [5.41, 5.74) is 5.55. The zero-order valence-corrected chi connectivity index (χ0v) is 11.0. The van der Waals surface area contributed by atoms with Gasteiger partial charge in [-0.1, -0.05) is 22.0 Å². The van der Waals surface area contributed by atoms with Crippen LogP contribution in [0.5, 0.6) is 5.75 Å². The van der Waals surface area contributed by atoms with Crippen LogP contribution in [0.3, 0.4) is 0 Å². The third-order valence-electron chi connectivity index (χ3n) is 2.00. The van der Waals surface area contributed by atoms with Crippen molar-refractivity contribution in [1.82, 2.24) is 0 Å². The van der Waals surface area contributed by atoms with Crippen LogP contribution in [0, 0.1) is 0 Å². The summed E-state index contributed by atoms with van der Waals surface area (Å²) in [6.45, 7) is 6.10. The molecule has 0 saturated carbocycles. The molecule has 0 aromatic heterocycles. The number of benzene rings is 1. The van der Waals surface area contributed by atoms with Gasteiger partial charge in [-0.3, -0.25) is 0 Å². The molecule has 0 amide bonds. The highest BCUT2D eigenvalue weighted by Gasteiger charge is 2.21. The molecule has 0 aliphatic heterocycles. The lowest BCUT2D eigenvalue weighted by Crippen LogP contribution is -2.35. The molecule has 15 heavy (non-hydrogen) atoms. The molecule has 1 aromatic rings. The molecule has 0 spiro atoms. The first-order chi connectivity index (χ1) is 6.89. The zero-order chi connectivity index (χ0) is 11.5. The molecule has 2 nitrogen and oxygen atoms in total. The number of ether oxygens (including phenoxy) is 1. The minimum atomic E-state index is -0.227. The Morgan fingerprint density at radius 3 is 2.67 bits per heavy atom. The quantitative estimate of drug-likeness (QED) is 0.912. The molecule has 2 N–H and O–H groups in total. The monoisotopic (exact) mass is 271 g/mol. The van der Waals surface area contributed by atoms with Crippen LogP contribution in [0.15, 0.2) is 28.7 Å². The average Bonchev–Trinajstić information content (AvgIpc) is 1.99. The predicted molar refractivity (Wildman–Crippen MR) is 67.1 cm³/mol. The Kier molecular flexibility index (Phi) is 4.17. The molecule has 84 valence electrons. The van der Waals surface area contributed by atoms with E-state index in [9.17, 15) is 0 Å². The molecule has 0 radical (unpaired) electrons. The fraction of sp³-hybridized carbons (Fsp3) is 0.500. The zero-order valence-electron chi connectivity index (χ0n) is 9.46. The second-order valence-corrected chi connectivity index (χ2v) is 5.42. The highest BCUT2D eigenvalue weighted by Crippen LogP contribution is 2.24. The molecular weight excluding hydrogens is 254 g/mol. The third kappa shape index (κ3) is 4.67. The van der Waals surface area contributed by atoms with E-state index >= 15 is 0 Å². The Balaban J connectivity index is 2.68. The standard InChI is InChI=1S/C12H18BrNO/c1-9(14)8-12(2,3)15-11-6-4-5-10(13)7-11/h4-7,9H,8,14H2,1-3H3. The SMILES string of the molecule is CC(N)CC(C)(C)Oc1cccc(Br)c1. The van der Waals surface area contributed by atoms with Crippen LogP contribution in [-0.4, -0.2) is 11.6 Å². The smallest absolute Gasteiger partial charge is 0.121 e. The van der Waals surface area contributed by atoms with Crippen LogP contribution in [0.25, 0.3) is 0 Å². The molecule has 0 aliphatic carbocycles. The highest BCUT2D eigenvalue weighted by molar-refractivity contribution is 9.10. The van der Waals surface area contributed by atoms with Gasteiger partial charge in [0, 0.05) is 16.9 Å². The molecule has 0 heterocycles. The van der Waals surface area contributed by atoms with E-state index in [4.69, 9.17) is 10.5 Å². The van der Waals surface area contributed by atoms with E-state index in [-0.39, 0.29) is 11.6 Å². The van der Waals surface area contributed by atoms with E-state index in [2.05, 4.69) is 29.8 Å². The van der Waals surface area contributed by atoms with Crippen LogP contribution in [-0.2, 0) is 0 Å². The molecule has 1 rings (SSSR count). The van der Waals surface area contributed by atoms with E-state index in [1.54, 1.807) is 0 Å². The molecule has 1 atom stereocenters. The fourth-order valence-electron chi connectivity index (χ4n) is 1.67. The summed E-state index contributed by atoms with van der Waals surface area (Å²) in [4.78, 5) is 0. The second-order valence-electron chi connectivity index (χ2n) is 4.50. The lowest BCUT2D eigenvalue weighted by atomic mass is 10.0. The van der Waals surface area contributed by atoms with Crippen molar-refractivity contribution in [3.63, 3.8) is 0 Å². The van der Waals surface area contributed by atoms with Crippen LogP contribution in [0.4, 0.5) is 0 Å². The Bertz CT molecular complexity index is 323. The summed E-state index contributed by atoms with van der Waals surface area (Å²) < 4.78 is 6.91. The number of halogens is 1. The largest absolute Gasteiger partial charge is 0.488 e. The van der Waals surface area contributed by atoms with Gasteiger partial charge in [0.2, 0.25) is 0 Å². The first kappa shape index (κ1) is 12.5. The minimum Gasteiger partial charge on any atom is -0.488 e. The molecule has 0 aliphatic rings. The van der Waals surface area contributed by atoms with E-state index in [1.165, 1.54) is 0 Å². The van der Waals surface area contributed by atoms with E-state index < -0.39 is 0 Å². The van der Waals surface area contributed by atoms with E-state index in [0.29, 0.717) is 0 Å². The highest BCUT2D eigenvalue weighted by atomic mass is 79.9. The van der Waals surface area contributed by atoms with Gasteiger partial charge < -0.3 is 10.5 Å². The normalized spacial score (nSPS) is 13.7. The molecule has 1 unspecified atom stereocenters. The van der Waals surface area contributed by atoms with Crippen LogP contribution < -0.4 is 10.5 Å². The van der Waals surface area contributed by atoms with Crippen molar-refractivity contribution in [1.29, 1.82) is 0 Å². The summed E-state index contributed by atoms with van der Waals surface area (Å²) in [7, 11) is 0. The first-order valence-electron chi connectivity index (χ1n) is 5.09. The summed E-state index contributed by atoms with van der Waals surface area (Å²) in [6.07, 6.45) is 0.833. The van der Waals surface area contributed by atoms with Gasteiger partial charge in [-0.2, -0.15) is 0 Å². The van der Waals surface area contributed by atoms with E-state index in [0.717, 1.165) is 16.6 Å². The van der Waals surface area contributed by atoms with Crippen molar-refractivity contribution < 1.29 is 4.74 Å². The molecule has 0 fully saturated rings. The van der Waals surface area contributed by atoms with Gasteiger partial charge in [0.15, 0.2) is 0 Å². The summed E-state index contributed by atoms with van der Waals surface area (Å²) in [5.74, 6) is 0.870. The second kappa shape index (κ2) is 4.99. The number of nitrogens with two attached hydrogens (primary N) is 1. The molecule has 3 heteroatoms. The van der Waals surface area contributed by atoms with Gasteiger partial charge >= 0.3 is 0 Å². The molecular formula is C12H18BrNO. The van der Waals surface area contributed by atoms with Crippen LogP contribution in [0.2, 0.25) is 0 Å². The lowest BCUT2D eigenvalue weighted by Gasteiger charge is -2.28. The Morgan fingerprint density at radius 2 is 2.13 bits per heavy atom. The van der Waals surface area contributed by atoms with Crippen molar-refractivity contribution >= 4 is 15.9 Å². The average molecular weight is 272 g/mol. The maximum absolute atomic E-state index is 5.88. The van der Waals surface area contributed by atoms with Crippen molar-refractivity contribution in [3.8, 4) is 5.75 Å². The molecule has 0 saturated heterocycles. The summed E-state index contributed by atoms with van der Waals surface area (Å²) in [6, 6.07) is 8.00. The van der Waals surface area contributed by atoms with Crippen molar-refractivity contribution in [2.24, 2.45) is 5.73 Å². The molecule has 0 bridgehead atoms. The summed E-state index contributed by atoms with van der Waals surface area (Å²) in [5, 5.41) is 0. The maximum Gasteiger partial charge on any atom is 0.121 e. The Morgan fingerprint density at radius 1 is 1.47 bits per heavy atom. The third-order valence-corrected chi connectivity index (χ3v) is 2.50. The van der Waals surface area contributed by atoms with Gasteiger partial charge in [-0.15, -0.1) is 0 Å². The number of hydrogen-bond donors (Lipinski definition) is 1. The fourth-order valence-corrected chi connectivity index (χ4v) is 2.04. The Hall–Kier alpha value is -0.540. The van der Waals surface area contributed by atoms with Gasteiger partial charge in [-0.25, -0.2) is 0 Å². The number of rotatable bonds is 4. The van der Waals surface area contributed by atoms with E-state index in [1.807, 2.05) is 31.2 Å². The topological polar surface area (TPSA) is 35.2 Å². The van der Waals surface area contributed by atoms with Gasteiger partial charge in [0.1, 0.15) is 11.4 Å². The summed E-state index contributed by atoms with van der Waals surface area (Å²) >= 11 is 3.42. The number of hydrogen-bond acceptors (Lipinski definition) is 2. The molecule has 1 aromatic carbocycles. The lowest BCUT2D eigenvalue weighted by molar-refractivity contribution is 0.0932. The van der Waals surface area contributed by atoms with Crippen LogP contribution in [0.1, 0.15) is 27.2 Å².